The fourth-order valence-electron chi connectivity index (χ4n) is 1.99. The van der Waals surface area contributed by atoms with Gasteiger partial charge in [-0.15, -0.1) is 0 Å². The van der Waals surface area contributed by atoms with Gasteiger partial charge in [-0.2, -0.15) is 0 Å². The lowest BCUT2D eigenvalue weighted by Gasteiger charge is -2.17. The molecule has 1 fully saturated rings. The Morgan fingerprint density at radius 3 is 2.86 bits per heavy atom. The number of carbonyl (C=O) groups excluding carboxylic acids is 1. The van der Waals surface area contributed by atoms with E-state index >= 15 is 0 Å². The number of likely N-dealkylation sites (tertiary alicyclic amines) is 1. The molecule has 0 aromatic rings. The van der Waals surface area contributed by atoms with Crippen molar-refractivity contribution in [1.82, 2.24) is 10.2 Å². The van der Waals surface area contributed by atoms with Crippen LogP contribution in [0, 0.1) is 11.8 Å². The van der Waals surface area contributed by atoms with E-state index in [9.17, 15) is 4.79 Å². The van der Waals surface area contributed by atoms with Gasteiger partial charge in [0.1, 0.15) is 0 Å². The molecule has 14 heavy (non-hydrogen) atoms. The van der Waals surface area contributed by atoms with Crippen molar-refractivity contribution >= 4 is 5.91 Å². The van der Waals surface area contributed by atoms with Gasteiger partial charge in [0, 0.05) is 19.5 Å². The van der Waals surface area contributed by atoms with Gasteiger partial charge >= 0.3 is 0 Å². The van der Waals surface area contributed by atoms with E-state index in [2.05, 4.69) is 19.2 Å². The van der Waals surface area contributed by atoms with Gasteiger partial charge in [-0.25, -0.2) is 0 Å². The minimum Gasteiger partial charge on any atom is -0.342 e. The summed E-state index contributed by atoms with van der Waals surface area (Å²) in [6.07, 6.45) is 1.86. The number of nitrogens with one attached hydrogen (secondary N) is 1. The summed E-state index contributed by atoms with van der Waals surface area (Å²) in [5, 5.41) is 3.17. The molecule has 1 aliphatic rings. The molecule has 82 valence electrons. The van der Waals surface area contributed by atoms with Crippen LogP contribution in [-0.2, 0) is 4.79 Å². The van der Waals surface area contributed by atoms with Crippen LogP contribution in [0.5, 0.6) is 0 Å². The molecule has 3 nitrogen and oxygen atoms in total. The third-order valence-corrected chi connectivity index (χ3v) is 2.71. The Bertz CT molecular complexity index is 192. The van der Waals surface area contributed by atoms with Crippen LogP contribution in [0.25, 0.3) is 0 Å². The van der Waals surface area contributed by atoms with E-state index in [1.54, 1.807) is 0 Å². The van der Waals surface area contributed by atoms with Crippen molar-refractivity contribution in [2.24, 2.45) is 11.8 Å². The Balaban J connectivity index is 2.30. The van der Waals surface area contributed by atoms with Gasteiger partial charge in [-0.3, -0.25) is 4.79 Å². The third kappa shape index (κ3) is 3.29. The van der Waals surface area contributed by atoms with Crippen molar-refractivity contribution in [3.8, 4) is 0 Å². The van der Waals surface area contributed by atoms with E-state index in [-0.39, 0.29) is 0 Å². The lowest BCUT2D eigenvalue weighted by molar-refractivity contribution is -0.131. The van der Waals surface area contributed by atoms with Crippen molar-refractivity contribution in [2.75, 3.05) is 26.7 Å². The molecule has 0 spiro atoms. The molecule has 0 aromatic carbocycles. The quantitative estimate of drug-likeness (QED) is 0.733. The highest BCUT2D eigenvalue weighted by Crippen LogP contribution is 2.17. The average molecular weight is 198 g/mol. The fourth-order valence-corrected chi connectivity index (χ4v) is 1.99. The van der Waals surface area contributed by atoms with E-state index in [0.29, 0.717) is 24.2 Å². The predicted molar refractivity (Wildman–Crippen MR) is 58.1 cm³/mol. The lowest BCUT2D eigenvalue weighted by atomic mass is 10.1. The molecule has 0 bridgehead atoms. The molecule has 1 rings (SSSR count). The van der Waals surface area contributed by atoms with Gasteiger partial charge in [0.2, 0.25) is 5.91 Å². The number of rotatable bonds is 4. The van der Waals surface area contributed by atoms with Gasteiger partial charge in [0.05, 0.1) is 0 Å². The minimum absolute atomic E-state index is 0.332. The third-order valence-electron chi connectivity index (χ3n) is 2.71. The van der Waals surface area contributed by atoms with Crippen LogP contribution in [-0.4, -0.2) is 37.5 Å². The monoisotopic (exact) mass is 198 g/mol. The van der Waals surface area contributed by atoms with E-state index in [1.807, 2.05) is 11.9 Å². The SMILES string of the molecule is CNCC1CCN(C(=O)CC(C)C)C1. The van der Waals surface area contributed by atoms with E-state index in [1.165, 1.54) is 0 Å². The zero-order chi connectivity index (χ0) is 10.6. The van der Waals surface area contributed by atoms with Crippen molar-refractivity contribution < 1.29 is 4.79 Å². The number of amides is 1. The highest BCUT2D eigenvalue weighted by atomic mass is 16.2. The maximum Gasteiger partial charge on any atom is 0.222 e. The highest BCUT2D eigenvalue weighted by Gasteiger charge is 2.25. The van der Waals surface area contributed by atoms with Crippen molar-refractivity contribution in [3.63, 3.8) is 0 Å². The predicted octanol–water partition coefficient (Wildman–Crippen LogP) is 1.10. The van der Waals surface area contributed by atoms with Gasteiger partial charge in [0.15, 0.2) is 0 Å². The molecule has 0 saturated carbocycles. The van der Waals surface area contributed by atoms with Gasteiger partial charge in [0.25, 0.3) is 0 Å². The summed E-state index contributed by atoms with van der Waals surface area (Å²) >= 11 is 0. The molecule has 1 atom stereocenters. The van der Waals surface area contributed by atoms with Crippen molar-refractivity contribution in [2.45, 2.75) is 26.7 Å². The summed E-state index contributed by atoms with van der Waals surface area (Å²) in [6.45, 7) is 7.13. The molecule has 1 saturated heterocycles. The van der Waals surface area contributed by atoms with Crippen molar-refractivity contribution in [1.29, 1.82) is 0 Å². The number of nitrogens with zero attached hydrogens (tertiary/aromatic N) is 1. The minimum atomic E-state index is 0.332. The average Bonchev–Trinajstić information content (AvgIpc) is 2.52. The first kappa shape index (κ1) is 11.5. The number of carbonyl (C=O) groups is 1. The largest absolute Gasteiger partial charge is 0.342 e. The zero-order valence-corrected chi connectivity index (χ0v) is 9.55. The normalized spacial score (nSPS) is 22.0. The molecule has 1 N–H and O–H groups in total. The zero-order valence-electron chi connectivity index (χ0n) is 9.55. The maximum atomic E-state index is 11.7. The van der Waals surface area contributed by atoms with Crippen LogP contribution >= 0.6 is 0 Å². The Morgan fingerprint density at radius 1 is 1.57 bits per heavy atom. The Kier molecular flexibility index (Phi) is 4.39. The highest BCUT2D eigenvalue weighted by molar-refractivity contribution is 5.76. The first-order chi connectivity index (χ1) is 6.63. The van der Waals surface area contributed by atoms with Crippen LogP contribution in [0.2, 0.25) is 0 Å². The summed E-state index contributed by atoms with van der Waals surface area (Å²) in [6, 6.07) is 0. The summed E-state index contributed by atoms with van der Waals surface area (Å²) in [5.41, 5.74) is 0. The lowest BCUT2D eigenvalue weighted by Crippen LogP contribution is -2.30. The Morgan fingerprint density at radius 2 is 2.29 bits per heavy atom. The topological polar surface area (TPSA) is 32.3 Å². The Hall–Kier alpha value is -0.570. The van der Waals surface area contributed by atoms with E-state index < -0.39 is 0 Å². The molecular weight excluding hydrogens is 176 g/mol. The number of hydrogen-bond donors (Lipinski definition) is 1. The fraction of sp³-hybridized carbons (Fsp3) is 0.909. The molecular formula is C11H22N2O. The standard InChI is InChI=1S/C11H22N2O/c1-9(2)6-11(14)13-5-4-10(8-13)7-12-3/h9-10,12H,4-8H2,1-3H3. The summed E-state index contributed by atoms with van der Waals surface area (Å²) in [4.78, 5) is 13.7. The Labute approximate surface area is 86.9 Å². The number of hydrogen-bond acceptors (Lipinski definition) is 2. The van der Waals surface area contributed by atoms with Crippen LogP contribution in [0.4, 0.5) is 0 Å². The van der Waals surface area contributed by atoms with Gasteiger partial charge in [-0.1, -0.05) is 13.8 Å². The first-order valence-electron chi connectivity index (χ1n) is 5.55. The molecule has 0 radical (unpaired) electrons. The van der Waals surface area contributed by atoms with E-state index in [4.69, 9.17) is 0 Å². The molecule has 1 heterocycles. The molecule has 0 aromatic heterocycles. The molecule has 0 aliphatic carbocycles. The second-order valence-corrected chi connectivity index (χ2v) is 4.65. The second kappa shape index (κ2) is 5.35. The van der Waals surface area contributed by atoms with Gasteiger partial charge in [-0.05, 0) is 31.8 Å². The summed E-state index contributed by atoms with van der Waals surface area (Å²) in [5.74, 6) is 1.47. The molecule has 3 heteroatoms. The second-order valence-electron chi connectivity index (χ2n) is 4.65. The summed E-state index contributed by atoms with van der Waals surface area (Å²) in [7, 11) is 1.97. The van der Waals surface area contributed by atoms with Crippen LogP contribution in [0.3, 0.4) is 0 Å². The van der Waals surface area contributed by atoms with Crippen LogP contribution < -0.4 is 5.32 Å². The van der Waals surface area contributed by atoms with E-state index in [0.717, 1.165) is 26.1 Å². The maximum absolute atomic E-state index is 11.7. The van der Waals surface area contributed by atoms with Crippen LogP contribution in [0.15, 0.2) is 0 Å². The smallest absolute Gasteiger partial charge is 0.222 e. The molecule has 1 aliphatic heterocycles. The van der Waals surface area contributed by atoms with Gasteiger partial charge < -0.3 is 10.2 Å². The first-order valence-corrected chi connectivity index (χ1v) is 5.55. The molecule has 1 amide bonds. The molecule has 1 unspecified atom stereocenters. The van der Waals surface area contributed by atoms with Crippen molar-refractivity contribution in [3.05, 3.63) is 0 Å². The van der Waals surface area contributed by atoms with Crippen LogP contribution in [0.1, 0.15) is 26.7 Å². The summed E-state index contributed by atoms with van der Waals surface area (Å²) < 4.78 is 0.